The monoisotopic (exact) mass is 315 g/mol. The van der Waals surface area contributed by atoms with Crippen molar-refractivity contribution in [3.63, 3.8) is 0 Å². The highest BCUT2D eigenvalue weighted by molar-refractivity contribution is 6.62. The molecule has 1 saturated heterocycles. The molecule has 0 saturated carbocycles. The van der Waals surface area contributed by atoms with Gasteiger partial charge in [-0.15, -0.1) is 0 Å². The van der Waals surface area contributed by atoms with E-state index in [1.165, 1.54) is 6.07 Å². The molecule has 1 heterocycles. The number of rotatable bonds is 2. The number of carbonyl (C=O) groups is 1. The molecule has 22 heavy (non-hydrogen) atoms. The minimum absolute atomic E-state index is 0.113. The Morgan fingerprint density at radius 3 is 2.00 bits per heavy atom. The van der Waals surface area contributed by atoms with E-state index >= 15 is 0 Å². The van der Waals surface area contributed by atoms with Crippen LogP contribution in [0.2, 0.25) is 0 Å². The van der Waals surface area contributed by atoms with E-state index < -0.39 is 36.0 Å². The Bertz CT molecular complexity index is 598. The van der Waals surface area contributed by atoms with E-state index in [9.17, 15) is 18.0 Å². The number of hydrogen-bond donors (Lipinski definition) is 1. The smallest absolute Gasteiger partial charge is 0.399 e. The van der Waals surface area contributed by atoms with Gasteiger partial charge in [-0.05, 0) is 45.3 Å². The first-order valence-electron chi connectivity index (χ1n) is 6.71. The molecular formula is C14H17BF3NO3. The van der Waals surface area contributed by atoms with Gasteiger partial charge in [-0.3, -0.25) is 4.79 Å². The van der Waals surface area contributed by atoms with Crippen LogP contribution in [0.1, 0.15) is 43.6 Å². The van der Waals surface area contributed by atoms with Gasteiger partial charge in [0.05, 0.1) is 16.8 Å². The van der Waals surface area contributed by atoms with Gasteiger partial charge in [-0.2, -0.15) is 13.2 Å². The summed E-state index contributed by atoms with van der Waals surface area (Å²) in [6, 6.07) is 2.89. The van der Waals surface area contributed by atoms with E-state index in [-0.39, 0.29) is 11.0 Å². The summed E-state index contributed by atoms with van der Waals surface area (Å²) in [7, 11) is -0.995. The fourth-order valence-electron chi connectivity index (χ4n) is 2.07. The third-order valence-corrected chi connectivity index (χ3v) is 4.09. The normalized spacial score (nSPS) is 20.2. The van der Waals surface area contributed by atoms with Crippen molar-refractivity contribution in [1.29, 1.82) is 0 Å². The van der Waals surface area contributed by atoms with Crippen LogP contribution in [0.25, 0.3) is 0 Å². The van der Waals surface area contributed by atoms with Crippen LogP contribution in [0.5, 0.6) is 0 Å². The Labute approximate surface area is 126 Å². The molecule has 120 valence electrons. The first kappa shape index (κ1) is 16.8. The number of nitrogens with two attached hydrogens (primary N) is 1. The molecule has 2 rings (SSSR count). The zero-order valence-corrected chi connectivity index (χ0v) is 12.7. The molecule has 1 aromatic carbocycles. The summed E-state index contributed by atoms with van der Waals surface area (Å²) in [5, 5.41) is 0. The van der Waals surface area contributed by atoms with Gasteiger partial charge in [0.1, 0.15) is 0 Å². The van der Waals surface area contributed by atoms with Crippen LogP contribution in [0.15, 0.2) is 18.2 Å². The first-order valence-corrected chi connectivity index (χ1v) is 6.71. The predicted molar refractivity (Wildman–Crippen MR) is 75.7 cm³/mol. The van der Waals surface area contributed by atoms with E-state index in [0.717, 1.165) is 12.1 Å². The van der Waals surface area contributed by atoms with Crippen molar-refractivity contribution in [2.75, 3.05) is 0 Å². The second kappa shape index (κ2) is 4.99. The summed E-state index contributed by atoms with van der Waals surface area (Å²) in [6.07, 6.45) is -4.59. The number of alkyl halides is 3. The Hall–Kier alpha value is -1.54. The quantitative estimate of drug-likeness (QED) is 0.850. The van der Waals surface area contributed by atoms with Gasteiger partial charge in [0.15, 0.2) is 0 Å². The lowest BCUT2D eigenvalue weighted by Gasteiger charge is -2.32. The second-order valence-corrected chi connectivity index (χ2v) is 6.29. The van der Waals surface area contributed by atoms with Crippen molar-refractivity contribution >= 4 is 18.5 Å². The number of hydrogen-bond acceptors (Lipinski definition) is 3. The summed E-state index contributed by atoms with van der Waals surface area (Å²) in [5.74, 6) is -0.941. The molecule has 0 atom stereocenters. The third kappa shape index (κ3) is 2.98. The molecule has 1 amide bonds. The van der Waals surface area contributed by atoms with Crippen LogP contribution < -0.4 is 11.2 Å². The maximum absolute atomic E-state index is 13.0. The number of halogens is 3. The number of benzene rings is 1. The summed E-state index contributed by atoms with van der Waals surface area (Å²) in [4.78, 5) is 11.3. The number of carbonyl (C=O) groups excluding carboxylic acids is 1. The van der Waals surface area contributed by atoms with E-state index in [1.807, 2.05) is 0 Å². The number of primary amides is 1. The highest BCUT2D eigenvalue weighted by atomic mass is 19.4. The second-order valence-electron chi connectivity index (χ2n) is 6.29. The van der Waals surface area contributed by atoms with Gasteiger partial charge in [-0.1, -0.05) is 6.07 Å². The van der Waals surface area contributed by atoms with Crippen molar-refractivity contribution in [3.05, 3.63) is 29.3 Å². The Balaban J connectivity index is 2.48. The SMILES string of the molecule is CC1(C)OB(c2cc(C(N)=O)cc(C(F)(F)F)c2)OC1(C)C. The molecule has 8 heteroatoms. The van der Waals surface area contributed by atoms with Crippen molar-refractivity contribution in [2.24, 2.45) is 5.73 Å². The topological polar surface area (TPSA) is 61.5 Å². The average Bonchev–Trinajstić information content (AvgIpc) is 2.57. The summed E-state index contributed by atoms with van der Waals surface area (Å²) in [5.41, 5.74) is 2.63. The standard InChI is InChI=1S/C14H17BF3NO3/c1-12(2)13(3,4)22-15(21-12)10-6-8(11(19)20)5-9(7-10)14(16,17)18/h5-7H,1-4H3,(H2,19,20). The Morgan fingerprint density at radius 2 is 1.59 bits per heavy atom. The molecule has 0 bridgehead atoms. The minimum atomic E-state index is -4.59. The molecule has 0 radical (unpaired) electrons. The van der Waals surface area contributed by atoms with Gasteiger partial charge in [-0.25, -0.2) is 0 Å². The summed E-state index contributed by atoms with van der Waals surface area (Å²) < 4.78 is 50.3. The molecule has 0 unspecified atom stereocenters. The maximum atomic E-state index is 13.0. The van der Waals surface area contributed by atoms with E-state index in [4.69, 9.17) is 15.0 Å². The van der Waals surface area contributed by atoms with Gasteiger partial charge in [0.25, 0.3) is 0 Å². The molecule has 1 aliphatic heterocycles. The first-order chi connectivity index (χ1) is 9.83. The van der Waals surface area contributed by atoms with Crippen molar-refractivity contribution < 1.29 is 27.3 Å². The molecule has 1 aromatic rings. The van der Waals surface area contributed by atoms with Crippen LogP contribution >= 0.6 is 0 Å². The van der Waals surface area contributed by atoms with Crippen LogP contribution in [0, 0.1) is 0 Å². The lowest BCUT2D eigenvalue weighted by atomic mass is 9.77. The lowest BCUT2D eigenvalue weighted by molar-refractivity contribution is -0.137. The van der Waals surface area contributed by atoms with Gasteiger partial charge in [0.2, 0.25) is 5.91 Å². The molecule has 1 fully saturated rings. The van der Waals surface area contributed by atoms with Crippen LogP contribution in [-0.4, -0.2) is 24.2 Å². The lowest BCUT2D eigenvalue weighted by Crippen LogP contribution is -2.41. The van der Waals surface area contributed by atoms with E-state index in [2.05, 4.69) is 0 Å². The van der Waals surface area contributed by atoms with Gasteiger partial charge < -0.3 is 15.0 Å². The molecule has 0 aliphatic carbocycles. The van der Waals surface area contributed by atoms with E-state index in [0.29, 0.717) is 0 Å². The van der Waals surface area contributed by atoms with Crippen LogP contribution in [-0.2, 0) is 15.5 Å². The third-order valence-electron chi connectivity index (χ3n) is 4.09. The molecule has 1 aliphatic rings. The van der Waals surface area contributed by atoms with Crippen LogP contribution in [0.3, 0.4) is 0 Å². The maximum Gasteiger partial charge on any atom is 0.494 e. The van der Waals surface area contributed by atoms with Crippen molar-refractivity contribution in [1.82, 2.24) is 0 Å². The van der Waals surface area contributed by atoms with Crippen LogP contribution in [0.4, 0.5) is 13.2 Å². The fraction of sp³-hybridized carbons (Fsp3) is 0.500. The molecular weight excluding hydrogens is 298 g/mol. The zero-order valence-electron chi connectivity index (χ0n) is 12.7. The molecule has 2 N–H and O–H groups in total. The number of amides is 1. The predicted octanol–water partition coefficient (Wildman–Crippen LogP) is 2.10. The minimum Gasteiger partial charge on any atom is -0.399 e. The van der Waals surface area contributed by atoms with Crippen molar-refractivity contribution in [2.45, 2.75) is 45.1 Å². The molecule has 0 spiro atoms. The zero-order chi connectivity index (χ0) is 16.9. The highest BCUT2D eigenvalue weighted by Crippen LogP contribution is 2.37. The summed E-state index contributed by atoms with van der Waals surface area (Å²) in [6.45, 7) is 7.15. The fourth-order valence-corrected chi connectivity index (χ4v) is 2.07. The Morgan fingerprint density at radius 1 is 1.09 bits per heavy atom. The average molecular weight is 315 g/mol. The summed E-state index contributed by atoms with van der Waals surface area (Å²) >= 11 is 0. The van der Waals surface area contributed by atoms with Gasteiger partial charge in [0, 0.05) is 5.56 Å². The highest BCUT2D eigenvalue weighted by Gasteiger charge is 2.52. The molecule has 0 aromatic heterocycles. The van der Waals surface area contributed by atoms with Gasteiger partial charge >= 0.3 is 13.3 Å². The largest absolute Gasteiger partial charge is 0.494 e. The van der Waals surface area contributed by atoms with E-state index in [1.54, 1.807) is 27.7 Å². The van der Waals surface area contributed by atoms with Crippen molar-refractivity contribution in [3.8, 4) is 0 Å². The molecule has 4 nitrogen and oxygen atoms in total. The Kier molecular flexibility index (Phi) is 3.82.